The van der Waals surface area contributed by atoms with Gasteiger partial charge < -0.3 is 0 Å². The number of benzene rings is 2. The molecule has 0 heteroatoms. The summed E-state index contributed by atoms with van der Waals surface area (Å²) in [4.78, 5) is 0. The van der Waals surface area contributed by atoms with Crippen molar-refractivity contribution in [2.75, 3.05) is 0 Å². The summed E-state index contributed by atoms with van der Waals surface area (Å²) in [5.74, 6) is 0. The number of aryl methyl sites for hydroxylation is 1. The third-order valence-electron chi connectivity index (χ3n) is 4.88. The van der Waals surface area contributed by atoms with Gasteiger partial charge in [0.15, 0.2) is 0 Å². The molecule has 18 heavy (non-hydrogen) atoms. The van der Waals surface area contributed by atoms with Gasteiger partial charge in [0.25, 0.3) is 0 Å². The van der Waals surface area contributed by atoms with Crippen molar-refractivity contribution in [1.29, 1.82) is 0 Å². The van der Waals surface area contributed by atoms with Crippen LogP contribution in [0.15, 0.2) is 42.5 Å². The fraction of sp³-hybridized carbons (Fsp3) is 0.333. The zero-order chi connectivity index (χ0) is 12.2. The van der Waals surface area contributed by atoms with Crippen molar-refractivity contribution in [2.45, 2.75) is 38.0 Å². The number of rotatable bonds is 0. The molecular formula is C18H18. The van der Waals surface area contributed by atoms with Gasteiger partial charge >= 0.3 is 0 Å². The highest BCUT2D eigenvalue weighted by molar-refractivity contribution is 5.81. The first-order valence-electron chi connectivity index (χ1n) is 7.02. The van der Waals surface area contributed by atoms with E-state index in [1.165, 1.54) is 42.4 Å². The van der Waals surface area contributed by atoms with E-state index in [1.807, 2.05) is 0 Å². The lowest BCUT2D eigenvalue weighted by molar-refractivity contribution is 0.550. The van der Waals surface area contributed by atoms with Crippen LogP contribution in [0.25, 0.3) is 11.1 Å². The Bertz CT molecular complexity index is 616. The van der Waals surface area contributed by atoms with E-state index in [2.05, 4.69) is 49.4 Å². The van der Waals surface area contributed by atoms with E-state index in [0.717, 1.165) is 0 Å². The van der Waals surface area contributed by atoms with Gasteiger partial charge in [0.1, 0.15) is 0 Å². The average Bonchev–Trinajstić information content (AvgIpc) is 2.97. The van der Waals surface area contributed by atoms with Crippen LogP contribution in [-0.2, 0) is 5.41 Å². The Morgan fingerprint density at radius 2 is 1.56 bits per heavy atom. The van der Waals surface area contributed by atoms with Gasteiger partial charge in [-0.3, -0.25) is 0 Å². The fourth-order valence-electron chi connectivity index (χ4n) is 4.10. The highest BCUT2D eigenvalue weighted by Crippen LogP contribution is 2.56. The van der Waals surface area contributed by atoms with Gasteiger partial charge in [-0.25, -0.2) is 0 Å². The Hall–Kier alpha value is -1.56. The van der Waals surface area contributed by atoms with Crippen LogP contribution in [0.5, 0.6) is 0 Å². The van der Waals surface area contributed by atoms with Gasteiger partial charge in [-0.05, 0) is 42.0 Å². The summed E-state index contributed by atoms with van der Waals surface area (Å²) >= 11 is 0. The van der Waals surface area contributed by atoms with E-state index in [0.29, 0.717) is 5.41 Å². The van der Waals surface area contributed by atoms with Crippen molar-refractivity contribution in [3.05, 3.63) is 59.2 Å². The largest absolute Gasteiger partial charge is 0.0619 e. The molecule has 0 radical (unpaired) electrons. The normalized spacial score (nSPS) is 18.9. The maximum atomic E-state index is 2.38. The number of hydrogen-bond acceptors (Lipinski definition) is 0. The molecule has 0 bridgehead atoms. The Labute approximate surface area is 109 Å². The van der Waals surface area contributed by atoms with E-state index in [9.17, 15) is 0 Å². The zero-order valence-corrected chi connectivity index (χ0v) is 10.9. The highest BCUT2D eigenvalue weighted by Gasteiger charge is 2.44. The smallest absolute Gasteiger partial charge is 0.0215 e. The van der Waals surface area contributed by atoms with E-state index in [4.69, 9.17) is 0 Å². The number of fused-ring (bicyclic) bond motifs is 5. The SMILES string of the molecule is Cc1ccc2c(c1)-c1ccccc1C21CCCC1. The van der Waals surface area contributed by atoms with Crippen LogP contribution in [-0.4, -0.2) is 0 Å². The minimum atomic E-state index is 0.347. The minimum absolute atomic E-state index is 0.347. The van der Waals surface area contributed by atoms with Crippen LogP contribution in [0.3, 0.4) is 0 Å². The van der Waals surface area contributed by atoms with E-state index in [1.54, 1.807) is 11.1 Å². The minimum Gasteiger partial charge on any atom is -0.0619 e. The molecule has 1 saturated carbocycles. The molecule has 0 aliphatic heterocycles. The second-order valence-corrected chi connectivity index (χ2v) is 5.88. The molecule has 1 spiro atoms. The molecule has 0 aromatic heterocycles. The second-order valence-electron chi connectivity index (χ2n) is 5.88. The molecule has 0 atom stereocenters. The van der Waals surface area contributed by atoms with Crippen LogP contribution < -0.4 is 0 Å². The molecule has 0 N–H and O–H groups in total. The molecule has 0 saturated heterocycles. The number of hydrogen-bond donors (Lipinski definition) is 0. The summed E-state index contributed by atoms with van der Waals surface area (Å²) in [6.07, 6.45) is 5.42. The molecule has 0 heterocycles. The van der Waals surface area contributed by atoms with Gasteiger partial charge in [0.2, 0.25) is 0 Å². The van der Waals surface area contributed by atoms with E-state index < -0.39 is 0 Å². The topological polar surface area (TPSA) is 0 Å². The van der Waals surface area contributed by atoms with Crippen LogP contribution in [0.4, 0.5) is 0 Å². The van der Waals surface area contributed by atoms with Crippen LogP contribution in [0, 0.1) is 6.92 Å². The average molecular weight is 234 g/mol. The lowest BCUT2D eigenvalue weighted by Gasteiger charge is -2.26. The molecule has 90 valence electrons. The third-order valence-corrected chi connectivity index (χ3v) is 4.88. The first-order valence-corrected chi connectivity index (χ1v) is 7.02. The summed E-state index contributed by atoms with van der Waals surface area (Å²) in [6.45, 7) is 2.20. The first-order chi connectivity index (χ1) is 8.81. The van der Waals surface area contributed by atoms with Crippen molar-refractivity contribution in [2.24, 2.45) is 0 Å². The Morgan fingerprint density at radius 3 is 2.39 bits per heavy atom. The highest BCUT2D eigenvalue weighted by atomic mass is 14.5. The quantitative estimate of drug-likeness (QED) is 0.612. The maximum Gasteiger partial charge on any atom is 0.0215 e. The predicted octanol–water partition coefficient (Wildman–Crippen LogP) is 4.84. The van der Waals surface area contributed by atoms with Gasteiger partial charge in [-0.15, -0.1) is 0 Å². The summed E-state index contributed by atoms with van der Waals surface area (Å²) in [5, 5.41) is 0. The van der Waals surface area contributed by atoms with Crippen molar-refractivity contribution in [3.8, 4) is 11.1 Å². The second kappa shape index (κ2) is 3.47. The molecule has 0 unspecified atom stereocenters. The lowest BCUT2D eigenvalue weighted by atomic mass is 9.77. The van der Waals surface area contributed by atoms with E-state index >= 15 is 0 Å². The molecule has 0 nitrogen and oxygen atoms in total. The molecule has 0 amide bonds. The Balaban J connectivity index is 2.08. The Kier molecular flexibility index (Phi) is 2.00. The molecule has 2 aliphatic carbocycles. The van der Waals surface area contributed by atoms with Crippen LogP contribution >= 0.6 is 0 Å². The predicted molar refractivity (Wildman–Crippen MR) is 75.9 cm³/mol. The summed E-state index contributed by atoms with van der Waals surface area (Å²) in [6, 6.07) is 16.1. The van der Waals surface area contributed by atoms with Gasteiger partial charge in [0, 0.05) is 5.41 Å². The van der Waals surface area contributed by atoms with Crippen molar-refractivity contribution in [3.63, 3.8) is 0 Å². The standard InChI is InChI=1S/C18H18/c1-13-8-9-17-15(12-13)14-6-2-3-7-16(14)18(17)10-4-5-11-18/h2-3,6-9,12H,4-5,10-11H2,1H3. The third kappa shape index (κ3) is 1.16. The lowest BCUT2D eigenvalue weighted by Crippen LogP contribution is -2.20. The molecule has 1 fully saturated rings. The summed E-state index contributed by atoms with van der Waals surface area (Å²) < 4.78 is 0. The summed E-state index contributed by atoms with van der Waals surface area (Å²) in [7, 11) is 0. The van der Waals surface area contributed by atoms with Gasteiger partial charge in [-0.1, -0.05) is 60.9 Å². The van der Waals surface area contributed by atoms with Crippen LogP contribution in [0.1, 0.15) is 42.4 Å². The first kappa shape index (κ1) is 10.4. The van der Waals surface area contributed by atoms with Crippen molar-refractivity contribution in [1.82, 2.24) is 0 Å². The van der Waals surface area contributed by atoms with Gasteiger partial charge in [-0.2, -0.15) is 0 Å². The fourth-order valence-corrected chi connectivity index (χ4v) is 4.10. The van der Waals surface area contributed by atoms with Crippen molar-refractivity contribution < 1.29 is 0 Å². The van der Waals surface area contributed by atoms with E-state index in [-0.39, 0.29) is 0 Å². The van der Waals surface area contributed by atoms with Gasteiger partial charge in [0.05, 0.1) is 0 Å². The molecule has 2 aromatic rings. The monoisotopic (exact) mass is 234 g/mol. The summed E-state index contributed by atoms with van der Waals surface area (Å²) in [5.41, 5.74) is 7.87. The van der Waals surface area contributed by atoms with Crippen LogP contribution in [0.2, 0.25) is 0 Å². The molecule has 2 aromatic carbocycles. The Morgan fingerprint density at radius 1 is 0.833 bits per heavy atom. The molecular weight excluding hydrogens is 216 g/mol. The maximum absolute atomic E-state index is 2.38. The molecule has 2 aliphatic rings. The molecule has 4 rings (SSSR count). The zero-order valence-electron chi connectivity index (χ0n) is 10.9. The van der Waals surface area contributed by atoms with Crippen molar-refractivity contribution >= 4 is 0 Å².